The molecule has 9 heteroatoms. The van der Waals surface area contributed by atoms with Crippen LogP contribution in [0, 0.1) is 0 Å². The molecule has 1 atom stereocenters. The highest BCUT2D eigenvalue weighted by atomic mass is 16.6. The molecule has 1 fully saturated rings. The first-order valence-corrected chi connectivity index (χ1v) is 11.7. The number of benzene rings is 2. The summed E-state index contributed by atoms with van der Waals surface area (Å²) < 4.78 is 17.3. The third kappa shape index (κ3) is 6.39. The number of anilines is 2. The van der Waals surface area contributed by atoms with Crippen LogP contribution in [-0.2, 0) is 16.0 Å². The molecule has 3 aromatic rings. The van der Waals surface area contributed by atoms with Crippen molar-refractivity contribution in [1.82, 2.24) is 15.3 Å². The third-order valence-electron chi connectivity index (χ3n) is 5.63. The van der Waals surface area contributed by atoms with Crippen LogP contribution < -0.4 is 25.4 Å². The van der Waals surface area contributed by atoms with Crippen LogP contribution in [-0.4, -0.2) is 54.3 Å². The molecule has 0 aliphatic carbocycles. The van der Waals surface area contributed by atoms with Crippen molar-refractivity contribution >= 4 is 17.7 Å². The molecule has 184 valence electrons. The van der Waals surface area contributed by atoms with Gasteiger partial charge in [-0.15, -0.1) is 0 Å². The lowest BCUT2D eigenvalue weighted by Gasteiger charge is -2.28. The third-order valence-corrected chi connectivity index (χ3v) is 5.63. The molecule has 2 aromatic carbocycles. The van der Waals surface area contributed by atoms with Crippen molar-refractivity contribution in [2.24, 2.45) is 0 Å². The minimum atomic E-state index is -1.18. The van der Waals surface area contributed by atoms with E-state index >= 15 is 0 Å². The molecule has 1 saturated heterocycles. The average molecular weight is 478 g/mol. The van der Waals surface area contributed by atoms with Crippen LogP contribution in [0.2, 0.25) is 0 Å². The molecule has 9 nitrogen and oxygen atoms in total. The standard InChI is InChI=1S/C26H31N5O4/c1-3-33-24(32)26(2,35-21-7-5-4-6-8-21)18-19-9-11-20(12-10-19)34-23-17-22(29-25(27)30-23)31-15-13-28-14-16-31/h4-12,17,28H,3,13-16,18H2,1-2H3,(H2,27,29,30). The number of nitrogens with one attached hydrogen (secondary N) is 1. The van der Waals surface area contributed by atoms with Crippen molar-refractivity contribution in [3.8, 4) is 17.4 Å². The lowest BCUT2D eigenvalue weighted by Crippen LogP contribution is -2.45. The molecule has 4 rings (SSSR count). The molecular formula is C26H31N5O4. The number of rotatable bonds is 9. The van der Waals surface area contributed by atoms with Gasteiger partial charge in [0.25, 0.3) is 0 Å². The number of esters is 1. The first-order valence-electron chi connectivity index (χ1n) is 11.7. The normalized spacial score (nSPS) is 15.2. The van der Waals surface area contributed by atoms with Gasteiger partial charge in [-0.05, 0) is 43.7 Å². The number of nitrogens with zero attached hydrogens (tertiary/aromatic N) is 3. The van der Waals surface area contributed by atoms with Gasteiger partial charge in [-0.3, -0.25) is 0 Å². The van der Waals surface area contributed by atoms with E-state index in [-0.39, 0.29) is 12.6 Å². The Bertz CT molecular complexity index is 1120. The van der Waals surface area contributed by atoms with E-state index in [1.54, 1.807) is 19.9 Å². The molecule has 3 N–H and O–H groups in total. The fraction of sp³-hybridized carbons (Fsp3) is 0.346. The van der Waals surface area contributed by atoms with Crippen molar-refractivity contribution in [2.45, 2.75) is 25.9 Å². The molecule has 35 heavy (non-hydrogen) atoms. The largest absolute Gasteiger partial charge is 0.476 e. The summed E-state index contributed by atoms with van der Waals surface area (Å²) in [7, 11) is 0. The molecule has 0 saturated carbocycles. The smallest absolute Gasteiger partial charge is 0.350 e. The first-order chi connectivity index (χ1) is 16.9. The maximum absolute atomic E-state index is 12.8. The van der Waals surface area contributed by atoms with E-state index in [1.807, 2.05) is 54.6 Å². The van der Waals surface area contributed by atoms with E-state index < -0.39 is 11.6 Å². The zero-order chi connectivity index (χ0) is 24.7. The number of aromatic nitrogens is 2. The summed E-state index contributed by atoms with van der Waals surface area (Å²) in [5.74, 6) is 2.07. The van der Waals surface area contributed by atoms with Crippen molar-refractivity contribution in [1.29, 1.82) is 0 Å². The molecule has 1 aliphatic rings. The number of hydrogen-bond acceptors (Lipinski definition) is 9. The van der Waals surface area contributed by atoms with Gasteiger partial charge in [0, 0.05) is 38.7 Å². The molecule has 0 bridgehead atoms. The number of carbonyl (C=O) groups is 1. The minimum Gasteiger partial charge on any atom is -0.476 e. The maximum Gasteiger partial charge on any atom is 0.350 e. The van der Waals surface area contributed by atoms with Gasteiger partial charge < -0.3 is 30.2 Å². The van der Waals surface area contributed by atoms with E-state index in [0.29, 0.717) is 23.8 Å². The second-order valence-electron chi connectivity index (χ2n) is 8.45. The number of piperazine rings is 1. The Labute approximate surface area is 205 Å². The van der Waals surface area contributed by atoms with Crippen molar-refractivity contribution in [3.05, 3.63) is 66.2 Å². The van der Waals surface area contributed by atoms with E-state index in [9.17, 15) is 4.79 Å². The number of carbonyl (C=O) groups excluding carboxylic acids is 1. The minimum absolute atomic E-state index is 0.163. The van der Waals surface area contributed by atoms with Gasteiger partial charge in [-0.2, -0.15) is 9.97 Å². The quantitative estimate of drug-likeness (QED) is 0.449. The Morgan fingerprint density at radius 2 is 1.77 bits per heavy atom. The molecule has 0 amide bonds. The van der Waals surface area contributed by atoms with Gasteiger partial charge in [-0.25, -0.2) is 4.79 Å². The number of nitrogens with two attached hydrogens (primary N) is 1. The second-order valence-corrected chi connectivity index (χ2v) is 8.45. The highest BCUT2D eigenvalue weighted by Crippen LogP contribution is 2.27. The predicted octanol–water partition coefficient (Wildman–Crippen LogP) is 3.20. The van der Waals surface area contributed by atoms with Gasteiger partial charge in [0.15, 0.2) is 0 Å². The van der Waals surface area contributed by atoms with E-state index in [4.69, 9.17) is 19.9 Å². The fourth-order valence-electron chi connectivity index (χ4n) is 3.91. The van der Waals surface area contributed by atoms with Gasteiger partial charge in [0.1, 0.15) is 17.3 Å². The molecular weight excluding hydrogens is 446 g/mol. The van der Waals surface area contributed by atoms with Crippen LogP contribution in [0.5, 0.6) is 17.4 Å². The Kier molecular flexibility index (Phi) is 7.67. The summed E-state index contributed by atoms with van der Waals surface area (Å²) in [6.07, 6.45) is 0.328. The van der Waals surface area contributed by atoms with Gasteiger partial charge in [0.2, 0.25) is 17.4 Å². The lowest BCUT2D eigenvalue weighted by molar-refractivity contribution is -0.160. The number of ether oxygens (including phenoxy) is 3. The molecule has 1 unspecified atom stereocenters. The van der Waals surface area contributed by atoms with Crippen molar-refractivity contribution in [3.63, 3.8) is 0 Å². The molecule has 0 spiro atoms. The monoisotopic (exact) mass is 477 g/mol. The van der Waals surface area contributed by atoms with Gasteiger partial charge in [0.05, 0.1) is 6.61 Å². The summed E-state index contributed by atoms with van der Waals surface area (Å²) in [5.41, 5.74) is 5.64. The van der Waals surface area contributed by atoms with Crippen LogP contribution in [0.15, 0.2) is 60.7 Å². The number of nitrogen functional groups attached to an aromatic ring is 1. The maximum atomic E-state index is 12.8. The summed E-state index contributed by atoms with van der Waals surface area (Å²) in [4.78, 5) is 23.5. The molecule has 0 radical (unpaired) electrons. The molecule has 2 heterocycles. The van der Waals surface area contributed by atoms with Crippen LogP contribution in [0.4, 0.5) is 11.8 Å². The lowest BCUT2D eigenvalue weighted by atomic mass is 9.96. The van der Waals surface area contributed by atoms with Crippen molar-refractivity contribution in [2.75, 3.05) is 43.4 Å². The van der Waals surface area contributed by atoms with Crippen LogP contribution >= 0.6 is 0 Å². The predicted molar refractivity (Wildman–Crippen MR) is 134 cm³/mol. The zero-order valence-corrected chi connectivity index (χ0v) is 20.1. The van der Waals surface area contributed by atoms with Crippen LogP contribution in [0.25, 0.3) is 0 Å². The average Bonchev–Trinajstić information content (AvgIpc) is 2.86. The Hall–Kier alpha value is -3.85. The van der Waals surface area contributed by atoms with E-state index in [0.717, 1.165) is 37.6 Å². The Morgan fingerprint density at radius 3 is 2.46 bits per heavy atom. The fourth-order valence-corrected chi connectivity index (χ4v) is 3.91. The molecule has 1 aromatic heterocycles. The second kappa shape index (κ2) is 11.1. The van der Waals surface area contributed by atoms with Crippen LogP contribution in [0.3, 0.4) is 0 Å². The Balaban J connectivity index is 1.47. The van der Waals surface area contributed by atoms with Crippen molar-refractivity contribution < 1.29 is 19.0 Å². The summed E-state index contributed by atoms with van der Waals surface area (Å²) in [6.45, 7) is 7.26. The van der Waals surface area contributed by atoms with Gasteiger partial charge >= 0.3 is 5.97 Å². The van der Waals surface area contributed by atoms with Gasteiger partial charge in [-0.1, -0.05) is 30.3 Å². The topological polar surface area (TPSA) is 112 Å². The van der Waals surface area contributed by atoms with Crippen LogP contribution in [0.1, 0.15) is 19.4 Å². The van der Waals surface area contributed by atoms with E-state index in [2.05, 4.69) is 20.2 Å². The summed E-state index contributed by atoms with van der Waals surface area (Å²) in [6, 6.07) is 18.5. The SMILES string of the molecule is CCOC(=O)C(C)(Cc1ccc(Oc2cc(N3CCNCC3)nc(N)n2)cc1)Oc1ccccc1. The number of hydrogen-bond donors (Lipinski definition) is 2. The summed E-state index contributed by atoms with van der Waals surface area (Å²) in [5, 5.41) is 3.32. The molecule has 1 aliphatic heterocycles. The highest BCUT2D eigenvalue weighted by Gasteiger charge is 2.37. The highest BCUT2D eigenvalue weighted by molar-refractivity contribution is 5.80. The summed E-state index contributed by atoms with van der Waals surface area (Å²) >= 11 is 0. The first kappa shape index (κ1) is 24.3. The zero-order valence-electron chi connectivity index (χ0n) is 20.1. The number of para-hydroxylation sites is 1. The Morgan fingerprint density at radius 1 is 1.06 bits per heavy atom. The van der Waals surface area contributed by atoms with E-state index in [1.165, 1.54) is 0 Å².